The normalized spacial score (nSPS) is 13.3. The Morgan fingerprint density at radius 1 is 0.867 bits per heavy atom. The minimum Gasteiger partial charge on any atom is -0.444 e. The van der Waals surface area contributed by atoms with E-state index in [1.54, 1.807) is 0 Å². The summed E-state index contributed by atoms with van der Waals surface area (Å²) in [6.45, 7) is 7.31. The van der Waals surface area contributed by atoms with Gasteiger partial charge in [0.25, 0.3) is 0 Å². The second-order valence-electron chi connectivity index (χ2n) is 11.8. The van der Waals surface area contributed by atoms with Gasteiger partial charge >= 0.3 is 6.09 Å². The minimum atomic E-state index is -0.579. The summed E-state index contributed by atoms with van der Waals surface area (Å²) < 4.78 is 5.33. The zero-order valence-electron chi connectivity index (χ0n) is 26.1. The molecule has 0 spiro atoms. The fraction of sp³-hybridized carbons (Fsp3) is 0.364. The van der Waals surface area contributed by atoms with Crippen molar-refractivity contribution in [1.82, 2.24) is 31.7 Å². The SMILES string of the molecule is CC(NC(=O)OC(C)(C)C)c1cccc(CC(=O)Nc2nnc(CCCCC3=CC=C(NC(=O)Cc4ccccc4)NN3)s2)c1. The molecule has 0 aliphatic carbocycles. The molecular formula is C33H41N7O4S. The summed E-state index contributed by atoms with van der Waals surface area (Å²) in [6.07, 6.45) is 7.25. The third-order valence-corrected chi connectivity index (χ3v) is 7.54. The summed E-state index contributed by atoms with van der Waals surface area (Å²) >= 11 is 1.38. The highest BCUT2D eigenvalue weighted by Gasteiger charge is 2.19. The number of benzene rings is 2. The Kier molecular flexibility index (Phi) is 11.7. The van der Waals surface area contributed by atoms with E-state index in [2.05, 4.69) is 37.0 Å². The average Bonchev–Trinajstić information content (AvgIpc) is 3.42. The number of carbonyl (C=O) groups is 3. The quantitative estimate of drug-likeness (QED) is 0.162. The fourth-order valence-corrected chi connectivity index (χ4v) is 5.29. The number of carbonyl (C=O) groups excluding carboxylic acids is 3. The van der Waals surface area contributed by atoms with E-state index in [-0.39, 0.29) is 24.3 Å². The number of aryl methyl sites for hydroxylation is 1. The third kappa shape index (κ3) is 11.7. The Hall–Kier alpha value is -4.71. The molecular weight excluding hydrogens is 590 g/mol. The molecule has 0 bridgehead atoms. The molecule has 12 heteroatoms. The largest absolute Gasteiger partial charge is 0.444 e. The maximum atomic E-state index is 12.7. The van der Waals surface area contributed by atoms with Crippen molar-refractivity contribution in [3.63, 3.8) is 0 Å². The van der Waals surface area contributed by atoms with Gasteiger partial charge in [-0.15, -0.1) is 10.2 Å². The summed E-state index contributed by atoms with van der Waals surface area (Å²) in [5, 5.41) is 18.2. The van der Waals surface area contributed by atoms with Gasteiger partial charge in [0.1, 0.15) is 16.4 Å². The van der Waals surface area contributed by atoms with Crippen molar-refractivity contribution in [2.75, 3.05) is 5.32 Å². The molecule has 45 heavy (non-hydrogen) atoms. The van der Waals surface area contributed by atoms with E-state index in [0.717, 1.165) is 53.1 Å². The predicted octanol–water partition coefficient (Wildman–Crippen LogP) is 5.21. The van der Waals surface area contributed by atoms with Crippen LogP contribution in [-0.4, -0.2) is 33.7 Å². The van der Waals surface area contributed by atoms with Crippen LogP contribution < -0.4 is 26.8 Å². The predicted molar refractivity (Wildman–Crippen MR) is 175 cm³/mol. The number of ether oxygens (including phenoxy) is 1. The monoisotopic (exact) mass is 631 g/mol. The number of nitrogens with zero attached hydrogens (tertiary/aromatic N) is 2. The maximum Gasteiger partial charge on any atom is 0.408 e. The first-order valence-electron chi connectivity index (χ1n) is 15.0. The first kappa shape index (κ1) is 33.2. The van der Waals surface area contributed by atoms with Crippen LogP contribution in [0.1, 0.15) is 74.7 Å². The van der Waals surface area contributed by atoms with Crippen LogP contribution in [0.2, 0.25) is 0 Å². The van der Waals surface area contributed by atoms with Crippen molar-refractivity contribution >= 4 is 34.4 Å². The van der Waals surface area contributed by atoms with Gasteiger partial charge in [0.2, 0.25) is 16.9 Å². The number of allylic oxidation sites excluding steroid dienone is 3. The van der Waals surface area contributed by atoms with Crippen molar-refractivity contribution in [3.8, 4) is 0 Å². The fourth-order valence-electron chi connectivity index (χ4n) is 4.50. The second-order valence-corrected chi connectivity index (χ2v) is 12.8. The Bertz CT molecular complexity index is 1530. The number of aromatic nitrogens is 2. The zero-order chi connectivity index (χ0) is 32.2. The van der Waals surface area contributed by atoms with Gasteiger partial charge in [0, 0.05) is 12.1 Å². The van der Waals surface area contributed by atoms with E-state index >= 15 is 0 Å². The molecule has 3 amide bonds. The highest BCUT2D eigenvalue weighted by molar-refractivity contribution is 7.15. The molecule has 0 saturated heterocycles. The van der Waals surface area contributed by atoms with Crippen molar-refractivity contribution in [2.45, 2.75) is 77.9 Å². The van der Waals surface area contributed by atoms with Crippen molar-refractivity contribution in [2.24, 2.45) is 0 Å². The van der Waals surface area contributed by atoms with E-state index in [4.69, 9.17) is 4.74 Å². The van der Waals surface area contributed by atoms with Crippen LogP contribution in [-0.2, 0) is 33.6 Å². The molecule has 11 nitrogen and oxygen atoms in total. The van der Waals surface area contributed by atoms with Gasteiger partial charge in [-0.3, -0.25) is 15.0 Å². The molecule has 2 heterocycles. The van der Waals surface area contributed by atoms with Crippen molar-refractivity contribution < 1.29 is 19.1 Å². The van der Waals surface area contributed by atoms with E-state index in [0.29, 0.717) is 17.4 Å². The zero-order valence-corrected chi connectivity index (χ0v) is 26.9. The summed E-state index contributed by atoms with van der Waals surface area (Å²) in [6, 6.07) is 16.9. The first-order chi connectivity index (χ1) is 21.5. The molecule has 5 N–H and O–H groups in total. The van der Waals surface area contributed by atoms with Gasteiger partial charge in [-0.1, -0.05) is 65.9 Å². The van der Waals surface area contributed by atoms with Crippen LogP contribution in [0.4, 0.5) is 9.93 Å². The van der Waals surface area contributed by atoms with Crippen molar-refractivity contribution in [3.05, 3.63) is 100.0 Å². The Labute approximate surface area is 267 Å². The van der Waals surface area contributed by atoms with Gasteiger partial charge in [0.15, 0.2) is 0 Å². The lowest BCUT2D eigenvalue weighted by molar-refractivity contribution is -0.120. The van der Waals surface area contributed by atoms with Gasteiger partial charge in [-0.05, 0) is 75.8 Å². The van der Waals surface area contributed by atoms with Gasteiger partial charge in [-0.2, -0.15) is 0 Å². The van der Waals surface area contributed by atoms with Gasteiger partial charge in [-0.25, -0.2) is 4.79 Å². The molecule has 0 radical (unpaired) electrons. The summed E-state index contributed by atoms with van der Waals surface area (Å²) in [7, 11) is 0. The van der Waals surface area contributed by atoms with E-state index in [1.807, 2.05) is 94.4 Å². The van der Waals surface area contributed by atoms with Crippen LogP contribution in [0.3, 0.4) is 0 Å². The molecule has 1 aliphatic rings. The number of hydrogen-bond donors (Lipinski definition) is 5. The number of unbranched alkanes of at least 4 members (excludes halogenated alkanes) is 1. The topological polar surface area (TPSA) is 146 Å². The maximum absolute atomic E-state index is 12.7. The van der Waals surface area contributed by atoms with Crippen molar-refractivity contribution in [1.29, 1.82) is 0 Å². The Morgan fingerprint density at radius 2 is 1.58 bits per heavy atom. The van der Waals surface area contributed by atoms with Crippen LogP contribution >= 0.6 is 11.3 Å². The number of hydrazine groups is 1. The molecule has 1 aliphatic heterocycles. The van der Waals surface area contributed by atoms with Gasteiger partial charge < -0.3 is 26.1 Å². The molecule has 0 fully saturated rings. The summed E-state index contributed by atoms with van der Waals surface area (Å²) in [5.74, 6) is 0.342. The first-order valence-corrected chi connectivity index (χ1v) is 15.8. The lowest BCUT2D eigenvalue weighted by Crippen LogP contribution is -2.41. The Balaban J connectivity index is 1.15. The average molecular weight is 632 g/mol. The van der Waals surface area contributed by atoms with E-state index < -0.39 is 11.7 Å². The summed E-state index contributed by atoms with van der Waals surface area (Å²) in [5.41, 5.74) is 9.29. The molecule has 2 aromatic carbocycles. The number of anilines is 1. The molecule has 1 unspecified atom stereocenters. The standard InChI is InChI=1S/C33H41N7O4S/c1-22(34-32(43)44-33(2,3)4)25-14-10-13-24(19-25)21-29(42)36-31-40-39-30(45-31)16-9-8-15-26-17-18-27(38-37-26)35-28(41)20-23-11-6-5-7-12-23/h5-7,10-14,17-19,22,37-38H,8-9,15-16,20-21H2,1-4H3,(H,34,43)(H,35,41)(H,36,40,42). The molecule has 238 valence electrons. The number of hydrogen-bond acceptors (Lipinski definition) is 9. The van der Waals surface area contributed by atoms with E-state index in [1.165, 1.54) is 11.3 Å². The third-order valence-electron chi connectivity index (χ3n) is 6.64. The van der Waals surface area contributed by atoms with Crippen LogP contribution in [0.5, 0.6) is 0 Å². The number of alkyl carbamates (subject to hydrolysis) is 1. The lowest BCUT2D eigenvalue weighted by atomic mass is 10.0. The number of rotatable bonds is 13. The number of nitrogens with one attached hydrogen (secondary N) is 5. The molecule has 1 aromatic heterocycles. The summed E-state index contributed by atoms with van der Waals surface area (Å²) in [4.78, 5) is 37.1. The lowest BCUT2D eigenvalue weighted by Gasteiger charge is -2.22. The molecule has 1 atom stereocenters. The highest BCUT2D eigenvalue weighted by atomic mass is 32.1. The number of amides is 3. The van der Waals surface area contributed by atoms with E-state index in [9.17, 15) is 14.4 Å². The molecule has 0 saturated carbocycles. The van der Waals surface area contributed by atoms with Crippen LogP contribution in [0.15, 0.2) is 78.3 Å². The minimum absolute atomic E-state index is 0.0836. The second kappa shape index (κ2) is 15.8. The van der Waals surface area contributed by atoms with Crippen LogP contribution in [0, 0.1) is 0 Å². The van der Waals surface area contributed by atoms with Gasteiger partial charge in [0.05, 0.1) is 18.9 Å². The smallest absolute Gasteiger partial charge is 0.408 e. The highest BCUT2D eigenvalue weighted by Crippen LogP contribution is 2.20. The molecule has 4 rings (SSSR count). The molecule has 3 aromatic rings. The van der Waals surface area contributed by atoms with Crippen LogP contribution in [0.25, 0.3) is 0 Å². The Morgan fingerprint density at radius 3 is 2.31 bits per heavy atom.